The Hall–Kier alpha value is -3.75. The standard InChI is InChI=1S/C26H23F2N5O2/c1-32(23(34)14-2-5-17-18(6-14)33-13-30-8-19(33)22(29)31-17)20-9-35-21-7-15(3-4-16(20)21)25-10-26(11-25,12-25)24(27)28/h2-8,13,20,24H,9-12H2,1H3,(H2,29,31)/t20-,25?,26?/m1/s1. The minimum Gasteiger partial charge on any atom is -0.491 e. The number of carbonyl (C=O) groups excluding carboxylic acids is 1. The van der Waals surface area contributed by atoms with Crippen LogP contribution in [0.15, 0.2) is 48.9 Å². The maximum absolute atomic E-state index is 13.4. The Kier molecular flexibility index (Phi) is 3.93. The fraction of sp³-hybridized carbons (Fsp3) is 0.346. The number of fused-ring (bicyclic) bond motifs is 4. The maximum Gasteiger partial charge on any atom is 0.254 e. The molecule has 35 heavy (non-hydrogen) atoms. The molecule has 3 aliphatic carbocycles. The molecule has 1 aliphatic heterocycles. The molecule has 1 atom stereocenters. The van der Waals surface area contributed by atoms with Crippen LogP contribution in [0.25, 0.3) is 16.6 Å². The van der Waals surface area contributed by atoms with Gasteiger partial charge >= 0.3 is 0 Å². The molecule has 0 unspecified atom stereocenters. The monoisotopic (exact) mass is 475 g/mol. The van der Waals surface area contributed by atoms with Crippen molar-refractivity contribution in [3.05, 3.63) is 65.6 Å². The van der Waals surface area contributed by atoms with Crippen LogP contribution in [0.5, 0.6) is 5.75 Å². The fourth-order valence-electron chi connectivity index (χ4n) is 6.40. The predicted octanol–water partition coefficient (Wildman–Crippen LogP) is 4.36. The number of ether oxygens (including phenoxy) is 1. The Balaban J connectivity index is 1.16. The molecule has 4 aliphatic rings. The Labute approximate surface area is 199 Å². The fourth-order valence-corrected chi connectivity index (χ4v) is 6.40. The second kappa shape index (κ2) is 6.68. The number of aromatic nitrogens is 3. The molecule has 1 amide bonds. The molecular weight excluding hydrogens is 452 g/mol. The molecule has 9 heteroatoms. The molecule has 2 aromatic carbocycles. The molecule has 2 N–H and O–H groups in total. The number of hydrogen-bond acceptors (Lipinski definition) is 5. The topological polar surface area (TPSA) is 85.8 Å². The van der Waals surface area contributed by atoms with Gasteiger partial charge in [-0.15, -0.1) is 0 Å². The van der Waals surface area contributed by atoms with Gasteiger partial charge in [0, 0.05) is 23.6 Å². The van der Waals surface area contributed by atoms with Crippen molar-refractivity contribution in [1.82, 2.24) is 19.3 Å². The average molecular weight is 475 g/mol. The average Bonchev–Trinajstić information content (AvgIpc) is 3.44. The van der Waals surface area contributed by atoms with Crippen molar-refractivity contribution in [2.24, 2.45) is 5.41 Å². The summed E-state index contributed by atoms with van der Waals surface area (Å²) in [6, 6.07) is 11.1. The lowest BCUT2D eigenvalue weighted by atomic mass is 9.33. The summed E-state index contributed by atoms with van der Waals surface area (Å²) in [5.41, 5.74) is 9.77. The number of benzene rings is 2. The molecule has 0 spiro atoms. The van der Waals surface area contributed by atoms with Crippen LogP contribution in [0.4, 0.5) is 14.6 Å². The zero-order valence-corrected chi connectivity index (χ0v) is 19.0. The molecular formula is C26H23F2N5O2. The summed E-state index contributed by atoms with van der Waals surface area (Å²) in [4.78, 5) is 23.7. The lowest BCUT2D eigenvalue weighted by Gasteiger charge is -2.70. The van der Waals surface area contributed by atoms with Crippen molar-refractivity contribution in [2.45, 2.75) is 37.1 Å². The molecule has 178 valence electrons. The van der Waals surface area contributed by atoms with Crippen LogP contribution in [0.1, 0.15) is 46.8 Å². The van der Waals surface area contributed by atoms with E-state index in [9.17, 15) is 13.6 Å². The molecule has 2 bridgehead atoms. The third-order valence-electron chi connectivity index (χ3n) is 8.33. The van der Waals surface area contributed by atoms with Gasteiger partial charge in [0.05, 0.1) is 29.6 Å². The Morgan fingerprint density at radius 3 is 2.77 bits per heavy atom. The summed E-state index contributed by atoms with van der Waals surface area (Å²) in [5, 5.41) is 0. The molecule has 7 nitrogen and oxygen atoms in total. The minimum absolute atomic E-state index is 0.129. The van der Waals surface area contributed by atoms with Crippen LogP contribution >= 0.6 is 0 Å². The third kappa shape index (κ3) is 2.66. The summed E-state index contributed by atoms with van der Waals surface area (Å²) in [6.07, 6.45) is 2.69. The number of likely N-dealkylation sites (N-methyl/N-ethyl adjacent to an activating group) is 1. The number of alkyl halides is 2. The Morgan fingerprint density at radius 2 is 2.00 bits per heavy atom. The van der Waals surface area contributed by atoms with Gasteiger partial charge in [-0.3, -0.25) is 9.20 Å². The predicted molar refractivity (Wildman–Crippen MR) is 126 cm³/mol. The van der Waals surface area contributed by atoms with Gasteiger partial charge in [0.25, 0.3) is 5.91 Å². The van der Waals surface area contributed by atoms with Gasteiger partial charge in [0.15, 0.2) is 0 Å². The van der Waals surface area contributed by atoms with Crippen LogP contribution in [-0.4, -0.2) is 45.3 Å². The number of imidazole rings is 1. The summed E-state index contributed by atoms with van der Waals surface area (Å²) in [6.45, 7) is 0.354. The van der Waals surface area contributed by atoms with Crippen LogP contribution in [0.2, 0.25) is 0 Å². The Bertz CT molecular complexity index is 1530. The van der Waals surface area contributed by atoms with E-state index in [0.717, 1.165) is 22.4 Å². The first-order valence-electron chi connectivity index (χ1n) is 11.6. The third-order valence-corrected chi connectivity index (χ3v) is 8.33. The number of amides is 1. The van der Waals surface area contributed by atoms with Crippen molar-refractivity contribution >= 4 is 28.3 Å². The lowest BCUT2D eigenvalue weighted by molar-refractivity contribution is -0.221. The van der Waals surface area contributed by atoms with E-state index < -0.39 is 11.8 Å². The largest absolute Gasteiger partial charge is 0.491 e. The second-order valence-electron chi connectivity index (χ2n) is 10.3. The summed E-state index contributed by atoms with van der Waals surface area (Å²) in [5.74, 6) is 0.982. The van der Waals surface area contributed by atoms with E-state index in [1.54, 1.807) is 42.7 Å². The number of nitrogen functional groups attached to an aromatic ring is 1. The number of nitrogens with two attached hydrogens (primary N) is 1. The number of carbonyl (C=O) groups is 1. The number of hydrogen-bond donors (Lipinski definition) is 1. The van der Waals surface area contributed by atoms with E-state index in [-0.39, 0.29) is 17.4 Å². The first-order valence-corrected chi connectivity index (χ1v) is 11.6. The highest BCUT2D eigenvalue weighted by Crippen LogP contribution is 2.75. The van der Waals surface area contributed by atoms with Gasteiger partial charge in [0.2, 0.25) is 6.43 Å². The smallest absolute Gasteiger partial charge is 0.254 e. The number of halogens is 2. The van der Waals surface area contributed by atoms with E-state index in [2.05, 4.69) is 9.97 Å². The molecule has 3 saturated carbocycles. The molecule has 0 saturated heterocycles. The zero-order valence-electron chi connectivity index (χ0n) is 19.0. The van der Waals surface area contributed by atoms with Gasteiger partial charge in [-0.1, -0.05) is 12.1 Å². The lowest BCUT2D eigenvalue weighted by Crippen LogP contribution is -2.67. The SMILES string of the molecule is CN(C(=O)c1ccc2nc(N)c3cncn3c2c1)[C@@H]1COc2cc(C34CC(C(F)F)(C3)C4)ccc21. The first-order chi connectivity index (χ1) is 16.8. The van der Waals surface area contributed by atoms with Crippen LogP contribution in [0, 0.1) is 5.41 Å². The van der Waals surface area contributed by atoms with Crippen LogP contribution in [0.3, 0.4) is 0 Å². The van der Waals surface area contributed by atoms with Crippen molar-refractivity contribution in [3.63, 3.8) is 0 Å². The van der Waals surface area contributed by atoms with E-state index in [0.29, 0.717) is 48.3 Å². The molecule has 0 radical (unpaired) electrons. The maximum atomic E-state index is 13.4. The highest BCUT2D eigenvalue weighted by Gasteiger charge is 2.72. The number of rotatable bonds is 4. The van der Waals surface area contributed by atoms with Gasteiger partial charge < -0.3 is 15.4 Å². The van der Waals surface area contributed by atoms with Crippen molar-refractivity contribution in [3.8, 4) is 5.75 Å². The van der Waals surface area contributed by atoms with Gasteiger partial charge in [0.1, 0.15) is 23.7 Å². The van der Waals surface area contributed by atoms with E-state index >= 15 is 0 Å². The molecule has 3 heterocycles. The van der Waals surface area contributed by atoms with Gasteiger partial charge in [-0.2, -0.15) is 0 Å². The number of anilines is 1. The van der Waals surface area contributed by atoms with Crippen molar-refractivity contribution in [1.29, 1.82) is 0 Å². The first kappa shape index (κ1) is 20.6. The van der Waals surface area contributed by atoms with Crippen LogP contribution < -0.4 is 10.5 Å². The number of nitrogens with zero attached hydrogens (tertiary/aromatic N) is 4. The summed E-state index contributed by atoms with van der Waals surface area (Å²) < 4.78 is 34.3. The molecule has 3 fully saturated rings. The van der Waals surface area contributed by atoms with Gasteiger partial charge in [-0.05, 0) is 54.5 Å². The highest BCUT2D eigenvalue weighted by atomic mass is 19.3. The Morgan fingerprint density at radius 1 is 1.20 bits per heavy atom. The van der Waals surface area contributed by atoms with Crippen molar-refractivity contribution in [2.75, 3.05) is 19.4 Å². The zero-order chi connectivity index (χ0) is 24.1. The van der Waals surface area contributed by atoms with Gasteiger partial charge in [-0.25, -0.2) is 18.7 Å². The summed E-state index contributed by atoms with van der Waals surface area (Å²) >= 11 is 0. The van der Waals surface area contributed by atoms with E-state index in [1.807, 2.05) is 22.6 Å². The van der Waals surface area contributed by atoms with Crippen molar-refractivity contribution < 1.29 is 18.3 Å². The summed E-state index contributed by atoms with van der Waals surface area (Å²) in [7, 11) is 1.77. The van der Waals surface area contributed by atoms with E-state index in [1.165, 1.54) is 0 Å². The second-order valence-corrected chi connectivity index (χ2v) is 10.3. The molecule has 8 rings (SSSR count). The quantitative estimate of drug-likeness (QED) is 0.474. The van der Waals surface area contributed by atoms with Crippen LogP contribution in [-0.2, 0) is 5.41 Å². The molecule has 2 aromatic heterocycles. The molecule has 4 aromatic rings. The highest BCUT2D eigenvalue weighted by molar-refractivity contribution is 5.98. The normalized spacial score (nSPS) is 26.3. The van der Waals surface area contributed by atoms with E-state index in [4.69, 9.17) is 10.5 Å². The minimum atomic E-state index is -2.24.